The Balaban J connectivity index is 1.29. The van der Waals surface area contributed by atoms with Gasteiger partial charge < -0.3 is 34.2 Å². The Kier molecular flexibility index (Phi) is 7.12. The Bertz CT molecular complexity index is 1700. The molecule has 0 amide bonds. The number of phenols is 1. The predicted octanol–water partition coefficient (Wildman–Crippen LogP) is 4.75. The molecule has 3 unspecified atom stereocenters. The number of hydrogen-bond acceptors (Lipinski definition) is 10. The van der Waals surface area contributed by atoms with Crippen LogP contribution in [0.4, 0.5) is 10.2 Å². The van der Waals surface area contributed by atoms with Crippen molar-refractivity contribution >= 4 is 16.7 Å². The standard InChI is InChI=1S/C35H44FN5O5/c1-33(43)18-41(14-15-45-19-33)30-25-29(38-32(39-30)46-20-35-8-4-6-24(35)40(2)13-5-9-35)27(36)28(37-31(25)44-3)23-17-22(42)16-21-7-10-34(11-12-34)26(21)23/h16-17,24,42-43H,4-15,18-20H2,1-3H3. The van der Waals surface area contributed by atoms with Crippen LogP contribution in [0.5, 0.6) is 17.6 Å². The molecule has 0 radical (unpaired) electrons. The minimum absolute atomic E-state index is 0.00589. The first-order valence-corrected chi connectivity index (χ1v) is 16.8. The fourth-order valence-corrected chi connectivity index (χ4v) is 9.14. The number of anilines is 1. The molecule has 2 saturated carbocycles. The summed E-state index contributed by atoms with van der Waals surface area (Å²) in [4.78, 5) is 18.7. The van der Waals surface area contributed by atoms with E-state index in [1.807, 2.05) is 4.90 Å². The Morgan fingerprint density at radius 2 is 1.91 bits per heavy atom. The molecule has 5 aliphatic rings. The first kappa shape index (κ1) is 30.1. The van der Waals surface area contributed by atoms with Crippen LogP contribution in [0.2, 0.25) is 0 Å². The fourth-order valence-electron chi connectivity index (χ4n) is 9.14. The lowest BCUT2D eigenvalue weighted by atomic mass is 9.76. The highest BCUT2D eigenvalue weighted by Crippen LogP contribution is 2.60. The van der Waals surface area contributed by atoms with Crippen molar-refractivity contribution in [1.29, 1.82) is 0 Å². The van der Waals surface area contributed by atoms with E-state index >= 15 is 4.39 Å². The molecule has 3 atom stereocenters. The molecule has 4 heterocycles. The number of fused-ring (bicyclic) bond motifs is 4. The van der Waals surface area contributed by atoms with Crippen LogP contribution in [0.3, 0.4) is 0 Å². The molecule has 3 aromatic rings. The number of β-amino-alcohol motifs (C(OH)–C–C–N with tert-alkyl or cyclic N) is 1. The van der Waals surface area contributed by atoms with Gasteiger partial charge in [-0.05, 0) is 101 Å². The van der Waals surface area contributed by atoms with Gasteiger partial charge in [0.25, 0.3) is 0 Å². The Hall–Kier alpha value is -3.28. The number of hydrogen-bond donors (Lipinski definition) is 2. The second-order valence-electron chi connectivity index (χ2n) is 14.8. The van der Waals surface area contributed by atoms with E-state index in [0.29, 0.717) is 42.6 Å². The largest absolute Gasteiger partial charge is 0.508 e. The van der Waals surface area contributed by atoms with Gasteiger partial charge in [0.05, 0.1) is 33.5 Å². The predicted molar refractivity (Wildman–Crippen MR) is 171 cm³/mol. The van der Waals surface area contributed by atoms with Gasteiger partial charge in [0, 0.05) is 23.6 Å². The third kappa shape index (κ3) is 4.88. The monoisotopic (exact) mass is 633 g/mol. The Morgan fingerprint density at radius 3 is 2.72 bits per heavy atom. The number of aryl methyl sites for hydroxylation is 1. The zero-order valence-electron chi connectivity index (χ0n) is 27.1. The van der Waals surface area contributed by atoms with Crippen LogP contribution in [0.15, 0.2) is 12.1 Å². The molecule has 246 valence electrons. The number of likely N-dealkylation sites (tertiary alicyclic amines) is 1. The number of ether oxygens (including phenoxy) is 3. The third-order valence-electron chi connectivity index (χ3n) is 11.4. The molecule has 0 bridgehead atoms. The minimum atomic E-state index is -1.16. The highest BCUT2D eigenvalue weighted by molar-refractivity contribution is 5.97. The number of pyridine rings is 1. The number of aliphatic hydroxyl groups is 1. The number of methoxy groups -OCH3 is 1. The molecule has 11 heteroatoms. The average molecular weight is 634 g/mol. The molecule has 10 nitrogen and oxygen atoms in total. The molecule has 2 aromatic heterocycles. The van der Waals surface area contributed by atoms with Gasteiger partial charge in [-0.15, -0.1) is 0 Å². The highest BCUT2D eigenvalue weighted by Gasteiger charge is 2.51. The molecular formula is C35H44FN5O5. The number of nitrogens with zero attached hydrogens (tertiary/aromatic N) is 5. The molecule has 1 aromatic carbocycles. The summed E-state index contributed by atoms with van der Waals surface area (Å²) in [6, 6.07) is 3.97. The summed E-state index contributed by atoms with van der Waals surface area (Å²) >= 11 is 0. The van der Waals surface area contributed by atoms with E-state index in [-0.39, 0.29) is 52.8 Å². The van der Waals surface area contributed by atoms with Gasteiger partial charge >= 0.3 is 6.01 Å². The molecule has 2 N–H and O–H groups in total. The molecular weight excluding hydrogens is 589 g/mol. The first-order chi connectivity index (χ1) is 22.1. The van der Waals surface area contributed by atoms with Crippen molar-refractivity contribution < 1.29 is 28.8 Å². The second kappa shape index (κ2) is 10.9. The normalized spacial score (nSPS) is 28.7. The van der Waals surface area contributed by atoms with E-state index < -0.39 is 11.4 Å². The van der Waals surface area contributed by atoms with Crippen molar-refractivity contribution in [2.24, 2.45) is 5.41 Å². The first-order valence-electron chi connectivity index (χ1n) is 16.8. The van der Waals surface area contributed by atoms with E-state index in [1.54, 1.807) is 19.1 Å². The van der Waals surface area contributed by atoms with Crippen molar-refractivity contribution in [3.63, 3.8) is 0 Å². The summed E-state index contributed by atoms with van der Waals surface area (Å²) in [7, 11) is 3.70. The van der Waals surface area contributed by atoms with Gasteiger partial charge in [-0.1, -0.05) is 6.42 Å². The highest BCUT2D eigenvalue weighted by atomic mass is 19.1. The summed E-state index contributed by atoms with van der Waals surface area (Å²) in [6.07, 6.45) is 9.49. The zero-order chi connectivity index (χ0) is 31.8. The number of aromatic hydroxyl groups is 1. The zero-order valence-corrected chi connectivity index (χ0v) is 27.1. The number of piperidine rings is 1. The van der Waals surface area contributed by atoms with Gasteiger partial charge in [-0.2, -0.15) is 9.97 Å². The maximum absolute atomic E-state index is 17.1. The van der Waals surface area contributed by atoms with E-state index in [9.17, 15) is 10.2 Å². The van der Waals surface area contributed by atoms with Gasteiger partial charge in [0.1, 0.15) is 33.8 Å². The van der Waals surface area contributed by atoms with Crippen molar-refractivity contribution in [2.45, 2.75) is 81.8 Å². The minimum Gasteiger partial charge on any atom is -0.508 e. The maximum Gasteiger partial charge on any atom is 0.319 e. The molecule has 8 rings (SSSR count). The van der Waals surface area contributed by atoms with Crippen LogP contribution in [-0.2, 0) is 16.6 Å². The SMILES string of the molecule is COc1nc(-c2cc(O)cc3c2C2(CC3)CC2)c(F)c2nc(OCC34CCCC3N(C)CCC4)nc(N3CCOCC(C)(O)C3)c12. The van der Waals surface area contributed by atoms with Crippen molar-refractivity contribution in [3.8, 4) is 28.9 Å². The summed E-state index contributed by atoms with van der Waals surface area (Å²) < 4.78 is 35.2. The fraction of sp³-hybridized carbons (Fsp3) is 0.629. The van der Waals surface area contributed by atoms with Crippen LogP contribution < -0.4 is 14.4 Å². The molecule has 2 aliphatic heterocycles. The quantitative estimate of drug-likeness (QED) is 0.394. The second-order valence-corrected chi connectivity index (χ2v) is 14.8. The van der Waals surface area contributed by atoms with Crippen LogP contribution in [0, 0.1) is 11.2 Å². The lowest BCUT2D eigenvalue weighted by Gasteiger charge is -2.44. The van der Waals surface area contributed by atoms with Gasteiger partial charge in [-0.25, -0.2) is 9.37 Å². The van der Waals surface area contributed by atoms with Crippen LogP contribution in [0.25, 0.3) is 22.2 Å². The van der Waals surface area contributed by atoms with E-state index in [1.165, 1.54) is 7.11 Å². The molecule has 1 spiro atoms. The van der Waals surface area contributed by atoms with Crippen LogP contribution >= 0.6 is 0 Å². The molecule has 46 heavy (non-hydrogen) atoms. The number of aromatic nitrogens is 3. The lowest BCUT2D eigenvalue weighted by Crippen LogP contribution is -2.50. The maximum atomic E-state index is 17.1. The average Bonchev–Trinajstić information content (AvgIpc) is 3.60. The smallest absolute Gasteiger partial charge is 0.319 e. The van der Waals surface area contributed by atoms with Gasteiger partial charge in [0.2, 0.25) is 5.88 Å². The van der Waals surface area contributed by atoms with Crippen molar-refractivity contribution in [2.75, 3.05) is 58.5 Å². The molecule has 4 fully saturated rings. The van der Waals surface area contributed by atoms with Crippen LogP contribution in [0.1, 0.15) is 69.4 Å². The van der Waals surface area contributed by atoms with Crippen molar-refractivity contribution in [1.82, 2.24) is 19.9 Å². The molecule has 2 saturated heterocycles. The van der Waals surface area contributed by atoms with E-state index in [4.69, 9.17) is 29.2 Å². The Labute approximate surface area is 268 Å². The Morgan fingerprint density at radius 1 is 1.09 bits per heavy atom. The van der Waals surface area contributed by atoms with Gasteiger partial charge in [0.15, 0.2) is 5.82 Å². The number of rotatable bonds is 6. The summed E-state index contributed by atoms with van der Waals surface area (Å²) in [5.74, 6) is 0.0586. The third-order valence-corrected chi connectivity index (χ3v) is 11.4. The summed E-state index contributed by atoms with van der Waals surface area (Å²) in [6.45, 7) is 4.43. The summed E-state index contributed by atoms with van der Waals surface area (Å²) in [5.41, 5.74) is 1.74. The summed E-state index contributed by atoms with van der Waals surface area (Å²) in [5, 5.41) is 22.1. The van der Waals surface area contributed by atoms with Crippen molar-refractivity contribution in [3.05, 3.63) is 29.1 Å². The lowest BCUT2D eigenvalue weighted by molar-refractivity contribution is -0.0123. The number of benzene rings is 1. The van der Waals surface area contributed by atoms with Gasteiger partial charge in [-0.3, -0.25) is 0 Å². The van der Waals surface area contributed by atoms with Crippen LogP contribution in [-0.4, -0.2) is 95.3 Å². The molecule has 3 aliphatic carbocycles. The number of halogens is 1. The topological polar surface area (TPSA) is 113 Å². The number of phenolic OH excluding ortho intramolecular Hbond substituents is 1. The van der Waals surface area contributed by atoms with E-state index in [2.05, 4.69) is 11.9 Å². The van der Waals surface area contributed by atoms with E-state index in [0.717, 1.165) is 75.5 Å².